The van der Waals surface area contributed by atoms with Crippen molar-refractivity contribution in [2.24, 2.45) is 0 Å². The number of ether oxygens (including phenoxy) is 2. The number of hydrogen-bond donors (Lipinski definition) is 1. The van der Waals surface area contributed by atoms with Gasteiger partial charge in [0.05, 0.1) is 19.0 Å². The number of carboxylic acids is 1. The summed E-state index contributed by atoms with van der Waals surface area (Å²) in [6.45, 7) is 1.23. The molecule has 0 radical (unpaired) electrons. The maximum absolute atomic E-state index is 11.0. The normalized spacial score (nSPS) is 13.2. The lowest BCUT2D eigenvalue weighted by atomic mass is 10.2. The molecule has 8 heteroatoms. The van der Waals surface area contributed by atoms with E-state index in [1.54, 1.807) is 0 Å². The molecule has 4 rings (SSSR count). The van der Waals surface area contributed by atoms with Crippen LogP contribution in [0, 0.1) is 0 Å². The number of aliphatic carboxylic acids is 1. The topological polar surface area (TPSA) is 86.5 Å². The molecule has 1 aliphatic rings. The van der Waals surface area contributed by atoms with Gasteiger partial charge < -0.3 is 14.6 Å². The Bertz CT molecular complexity index is 959. The van der Waals surface area contributed by atoms with Gasteiger partial charge in [0.15, 0.2) is 22.5 Å². The van der Waals surface area contributed by atoms with Gasteiger partial charge in [-0.3, -0.25) is 9.36 Å². The molecule has 1 aliphatic heterocycles. The summed E-state index contributed by atoms with van der Waals surface area (Å²) in [5.74, 6) is 1.01. The van der Waals surface area contributed by atoms with Crippen LogP contribution >= 0.6 is 11.8 Å². The first-order valence-electron chi connectivity index (χ1n) is 8.48. The van der Waals surface area contributed by atoms with E-state index in [1.807, 2.05) is 53.1 Å². The fourth-order valence-corrected chi connectivity index (χ4v) is 3.46. The van der Waals surface area contributed by atoms with Crippen molar-refractivity contribution >= 4 is 17.7 Å². The number of rotatable bonds is 5. The Labute approximate surface area is 159 Å². The first kappa shape index (κ1) is 17.4. The van der Waals surface area contributed by atoms with Crippen LogP contribution in [0.4, 0.5) is 0 Å². The lowest BCUT2D eigenvalue weighted by Gasteiger charge is -2.12. The Morgan fingerprint density at radius 1 is 1.07 bits per heavy atom. The molecule has 0 fully saturated rings. The van der Waals surface area contributed by atoms with E-state index in [-0.39, 0.29) is 5.75 Å². The molecule has 0 bridgehead atoms. The number of benzene rings is 2. The summed E-state index contributed by atoms with van der Waals surface area (Å²) in [7, 11) is 0. The smallest absolute Gasteiger partial charge is 0.313 e. The largest absolute Gasteiger partial charge is 0.490 e. The first-order chi connectivity index (χ1) is 13.2. The maximum atomic E-state index is 11.0. The summed E-state index contributed by atoms with van der Waals surface area (Å²) >= 11 is 1.13. The number of fused-ring (bicyclic) bond motifs is 1. The van der Waals surface area contributed by atoms with E-state index >= 15 is 0 Å². The monoisotopic (exact) mass is 383 g/mol. The highest BCUT2D eigenvalue weighted by molar-refractivity contribution is 7.99. The minimum absolute atomic E-state index is 0.0912. The second-order valence-electron chi connectivity index (χ2n) is 5.87. The van der Waals surface area contributed by atoms with Gasteiger partial charge in [-0.05, 0) is 30.3 Å². The standard InChI is InChI=1S/C19H17N3O4S/c23-17(24)12-27-19-21-20-18(22(19)14-5-2-1-3-6-14)13-7-8-15-16(11-13)26-10-4-9-25-15/h1-3,5-8,11H,4,9-10,12H2,(H,23,24). The van der Waals surface area contributed by atoms with Crippen LogP contribution in [0.2, 0.25) is 0 Å². The number of carboxylic acid groups (broad SMARTS) is 1. The molecule has 0 aliphatic carbocycles. The van der Waals surface area contributed by atoms with Crippen molar-refractivity contribution in [3.63, 3.8) is 0 Å². The third-order valence-electron chi connectivity index (χ3n) is 3.98. The van der Waals surface area contributed by atoms with E-state index in [9.17, 15) is 4.79 Å². The zero-order chi connectivity index (χ0) is 18.6. The summed E-state index contributed by atoms with van der Waals surface area (Å²) in [5, 5.41) is 18.1. The van der Waals surface area contributed by atoms with E-state index in [1.165, 1.54) is 0 Å². The van der Waals surface area contributed by atoms with Gasteiger partial charge in [0.1, 0.15) is 0 Å². The van der Waals surface area contributed by atoms with Gasteiger partial charge >= 0.3 is 5.97 Å². The molecule has 3 aromatic rings. The highest BCUT2D eigenvalue weighted by atomic mass is 32.2. The Morgan fingerprint density at radius 2 is 1.85 bits per heavy atom. The van der Waals surface area contributed by atoms with Crippen LogP contribution in [-0.4, -0.2) is 44.8 Å². The number of para-hydroxylation sites is 1. The third-order valence-corrected chi connectivity index (χ3v) is 4.89. The molecule has 2 aromatic carbocycles. The van der Waals surface area contributed by atoms with Gasteiger partial charge in [-0.25, -0.2) is 0 Å². The van der Waals surface area contributed by atoms with E-state index in [4.69, 9.17) is 14.6 Å². The molecule has 0 spiro atoms. The molecule has 7 nitrogen and oxygen atoms in total. The van der Waals surface area contributed by atoms with Crippen LogP contribution in [-0.2, 0) is 4.79 Å². The van der Waals surface area contributed by atoms with Crippen molar-refractivity contribution in [2.75, 3.05) is 19.0 Å². The molecule has 0 amide bonds. The molecule has 1 N–H and O–H groups in total. The minimum atomic E-state index is -0.903. The van der Waals surface area contributed by atoms with Crippen LogP contribution in [0.15, 0.2) is 53.7 Å². The van der Waals surface area contributed by atoms with Crippen molar-refractivity contribution < 1.29 is 19.4 Å². The van der Waals surface area contributed by atoms with Gasteiger partial charge in [-0.1, -0.05) is 30.0 Å². The van der Waals surface area contributed by atoms with E-state index in [2.05, 4.69) is 10.2 Å². The molecule has 0 saturated heterocycles. The molecule has 0 saturated carbocycles. The lowest BCUT2D eigenvalue weighted by molar-refractivity contribution is -0.133. The molecule has 1 aromatic heterocycles. The van der Waals surface area contributed by atoms with Gasteiger partial charge in [0.25, 0.3) is 0 Å². The van der Waals surface area contributed by atoms with Crippen molar-refractivity contribution in [1.82, 2.24) is 14.8 Å². The summed E-state index contributed by atoms with van der Waals surface area (Å²) in [6, 6.07) is 15.3. The van der Waals surface area contributed by atoms with E-state index in [0.717, 1.165) is 29.4 Å². The predicted octanol–water partition coefficient (Wildman–Crippen LogP) is 3.27. The third kappa shape index (κ3) is 3.75. The second kappa shape index (κ2) is 7.71. The van der Waals surface area contributed by atoms with Gasteiger partial charge in [0, 0.05) is 17.7 Å². The molecule has 0 unspecified atom stereocenters. The first-order valence-corrected chi connectivity index (χ1v) is 9.46. The Balaban J connectivity index is 1.78. The quantitative estimate of drug-likeness (QED) is 0.677. The van der Waals surface area contributed by atoms with E-state index in [0.29, 0.717) is 35.7 Å². The van der Waals surface area contributed by atoms with Crippen LogP contribution in [0.1, 0.15) is 6.42 Å². The average molecular weight is 383 g/mol. The Morgan fingerprint density at radius 3 is 2.63 bits per heavy atom. The average Bonchev–Trinajstić information content (AvgIpc) is 2.97. The fourth-order valence-electron chi connectivity index (χ4n) is 2.79. The Kier molecular flexibility index (Phi) is 4.97. The zero-order valence-electron chi connectivity index (χ0n) is 14.4. The molecular formula is C19H17N3O4S. The van der Waals surface area contributed by atoms with Crippen LogP contribution in [0.25, 0.3) is 17.1 Å². The lowest BCUT2D eigenvalue weighted by Crippen LogP contribution is -2.03. The van der Waals surface area contributed by atoms with Crippen LogP contribution in [0.5, 0.6) is 11.5 Å². The van der Waals surface area contributed by atoms with Crippen molar-refractivity contribution in [3.8, 4) is 28.6 Å². The van der Waals surface area contributed by atoms with Crippen LogP contribution < -0.4 is 9.47 Å². The molecule has 2 heterocycles. The number of carbonyl (C=O) groups is 1. The van der Waals surface area contributed by atoms with Crippen molar-refractivity contribution in [3.05, 3.63) is 48.5 Å². The van der Waals surface area contributed by atoms with Crippen molar-refractivity contribution in [1.29, 1.82) is 0 Å². The second-order valence-corrected chi connectivity index (χ2v) is 6.81. The summed E-state index contributed by atoms with van der Waals surface area (Å²) in [6.07, 6.45) is 0.834. The summed E-state index contributed by atoms with van der Waals surface area (Å²) in [4.78, 5) is 11.0. The SMILES string of the molecule is O=C(O)CSc1nnc(-c2ccc3c(c2)OCCCO3)n1-c1ccccc1. The fraction of sp³-hybridized carbons (Fsp3) is 0.211. The van der Waals surface area contributed by atoms with E-state index < -0.39 is 5.97 Å². The maximum Gasteiger partial charge on any atom is 0.313 e. The number of thioether (sulfide) groups is 1. The Hall–Kier alpha value is -3.00. The predicted molar refractivity (Wildman–Crippen MR) is 101 cm³/mol. The van der Waals surface area contributed by atoms with Gasteiger partial charge in [-0.15, -0.1) is 10.2 Å². The molecule has 0 atom stereocenters. The number of hydrogen-bond acceptors (Lipinski definition) is 6. The van der Waals surface area contributed by atoms with Gasteiger partial charge in [-0.2, -0.15) is 0 Å². The highest BCUT2D eigenvalue weighted by Crippen LogP contribution is 2.35. The van der Waals surface area contributed by atoms with Gasteiger partial charge in [0.2, 0.25) is 0 Å². The number of aromatic nitrogens is 3. The molecule has 27 heavy (non-hydrogen) atoms. The molecular weight excluding hydrogens is 366 g/mol. The number of nitrogens with zero attached hydrogens (tertiary/aromatic N) is 3. The highest BCUT2D eigenvalue weighted by Gasteiger charge is 2.19. The van der Waals surface area contributed by atoms with Crippen molar-refractivity contribution in [2.45, 2.75) is 11.6 Å². The molecule has 138 valence electrons. The zero-order valence-corrected chi connectivity index (χ0v) is 15.2. The summed E-state index contributed by atoms with van der Waals surface area (Å²) < 4.78 is 13.3. The minimum Gasteiger partial charge on any atom is -0.490 e. The summed E-state index contributed by atoms with van der Waals surface area (Å²) in [5.41, 5.74) is 1.68. The van der Waals surface area contributed by atoms with Crippen LogP contribution in [0.3, 0.4) is 0 Å².